The van der Waals surface area contributed by atoms with Gasteiger partial charge in [-0.25, -0.2) is 0 Å². The van der Waals surface area contributed by atoms with Crippen molar-refractivity contribution >= 4 is 11.6 Å². The van der Waals surface area contributed by atoms with Crippen LogP contribution in [0, 0.1) is 0 Å². The van der Waals surface area contributed by atoms with Crippen molar-refractivity contribution in [1.82, 2.24) is 25.3 Å². The van der Waals surface area contributed by atoms with Crippen molar-refractivity contribution in [3.63, 3.8) is 0 Å². The van der Waals surface area contributed by atoms with Gasteiger partial charge in [-0.3, -0.25) is 4.90 Å². The van der Waals surface area contributed by atoms with Gasteiger partial charge in [0.05, 0.1) is 19.8 Å². The van der Waals surface area contributed by atoms with Crippen LogP contribution in [0.5, 0.6) is 0 Å². The molecule has 0 bridgehead atoms. The molecule has 0 radical (unpaired) electrons. The van der Waals surface area contributed by atoms with Gasteiger partial charge in [-0.1, -0.05) is 0 Å². The van der Waals surface area contributed by atoms with E-state index in [1.807, 2.05) is 17.0 Å². The Labute approximate surface area is 159 Å². The normalized spacial score (nSPS) is 19.2. The predicted octanol–water partition coefficient (Wildman–Crippen LogP) is 1.04. The number of morpholine rings is 1. The minimum Gasteiger partial charge on any atom is -0.416 e. The van der Waals surface area contributed by atoms with E-state index in [2.05, 4.69) is 30.2 Å². The Bertz CT molecular complexity index is 769. The van der Waals surface area contributed by atoms with Crippen molar-refractivity contribution in [2.75, 3.05) is 62.3 Å². The van der Waals surface area contributed by atoms with E-state index in [0.29, 0.717) is 39.4 Å². The highest BCUT2D eigenvalue weighted by molar-refractivity contribution is 5.45. The predicted molar refractivity (Wildman–Crippen MR) is 91.9 cm³/mol. The molecule has 0 atom stereocenters. The number of alkyl halides is 3. The lowest BCUT2D eigenvalue weighted by Gasteiger charge is -2.34. The first-order valence-electron chi connectivity index (χ1n) is 9.02. The highest BCUT2D eigenvalue weighted by Crippen LogP contribution is 2.28. The van der Waals surface area contributed by atoms with E-state index in [0.717, 1.165) is 24.7 Å². The maximum absolute atomic E-state index is 12.5. The van der Waals surface area contributed by atoms with E-state index >= 15 is 0 Å². The van der Waals surface area contributed by atoms with Crippen LogP contribution in [0.15, 0.2) is 16.5 Å². The minimum atomic E-state index is -4.62. The van der Waals surface area contributed by atoms with Gasteiger partial charge in [-0.05, 0) is 12.1 Å². The first-order valence-corrected chi connectivity index (χ1v) is 9.02. The molecule has 0 aliphatic carbocycles. The summed E-state index contributed by atoms with van der Waals surface area (Å²) in [4.78, 5) is 6.21. The molecule has 28 heavy (non-hydrogen) atoms. The highest BCUT2D eigenvalue weighted by atomic mass is 19.4. The molecular weight excluding hydrogens is 379 g/mol. The quantitative estimate of drug-likeness (QED) is 0.749. The molecule has 4 rings (SSSR count). The van der Waals surface area contributed by atoms with E-state index in [-0.39, 0.29) is 12.4 Å². The van der Waals surface area contributed by atoms with Crippen LogP contribution in [0.25, 0.3) is 0 Å². The molecule has 2 aliphatic heterocycles. The Balaban J connectivity index is 1.29. The Hall–Kier alpha value is -2.47. The third-order valence-corrected chi connectivity index (χ3v) is 4.74. The lowest BCUT2D eigenvalue weighted by molar-refractivity contribution is -0.157. The second-order valence-electron chi connectivity index (χ2n) is 6.61. The van der Waals surface area contributed by atoms with E-state index < -0.39 is 12.1 Å². The Morgan fingerprint density at radius 1 is 0.821 bits per heavy atom. The van der Waals surface area contributed by atoms with Crippen molar-refractivity contribution in [2.24, 2.45) is 0 Å². The van der Waals surface area contributed by atoms with E-state index in [1.54, 1.807) is 0 Å². The first kappa shape index (κ1) is 18.9. The van der Waals surface area contributed by atoms with Crippen LogP contribution < -0.4 is 9.80 Å². The lowest BCUT2D eigenvalue weighted by atomic mass is 10.3. The minimum absolute atomic E-state index is 0.0320. The molecular formula is C16H20F3N7O2. The summed E-state index contributed by atoms with van der Waals surface area (Å²) in [6, 6.07) is 3.90. The smallest absolute Gasteiger partial charge is 0.416 e. The first-order chi connectivity index (χ1) is 13.5. The second-order valence-corrected chi connectivity index (χ2v) is 6.61. The zero-order valence-electron chi connectivity index (χ0n) is 15.1. The number of aromatic nitrogens is 4. The molecule has 4 heterocycles. The fourth-order valence-electron chi connectivity index (χ4n) is 3.21. The molecule has 2 aromatic heterocycles. The van der Waals surface area contributed by atoms with Crippen LogP contribution >= 0.6 is 0 Å². The van der Waals surface area contributed by atoms with Crippen LogP contribution in [-0.4, -0.2) is 77.8 Å². The fourth-order valence-corrected chi connectivity index (χ4v) is 3.21. The summed E-state index contributed by atoms with van der Waals surface area (Å²) < 4.78 is 47.6. The topological polar surface area (TPSA) is 83.7 Å². The van der Waals surface area contributed by atoms with E-state index in [1.165, 1.54) is 0 Å². The molecule has 9 nitrogen and oxygen atoms in total. The summed E-state index contributed by atoms with van der Waals surface area (Å²) in [7, 11) is 0. The number of ether oxygens (including phenoxy) is 1. The molecule has 0 unspecified atom stereocenters. The Morgan fingerprint density at radius 2 is 1.43 bits per heavy atom. The average molecular weight is 399 g/mol. The number of hydrogen-bond donors (Lipinski definition) is 0. The summed E-state index contributed by atoms with van der Waals surface area (Å²) in [5.41, 5.74) is 0. The van der Waals surface area contributed by atoms with Crippen molar-refractivity contribution in [3.05, 3.63) is 23.9 Å². The van der Waals surface area contributed by atoms with Crippen LogP contribution in [0.1, 0.15) is 11.8 Å². The highest BCUT2D eigenvalue weighted by Gasteiger charge is 2.38. The lowest BCUT2D eigenvalue weighted by Crippen LogP contribution is -2.46. The van der Waals surface area contributed by atoms with Gasteiger partial charge in [-0.2, -0.15) is 13.2 Å². The van der Waals surface area contributed by atoms with Crippen LogP contribution in [0.2, 0.25) is 0 Å². The number of halogens is 3. The van der Waals surface area contributed by atoms with Crippen LogP contribution in [0.3, 0.4) is 0 Å². The van der Waals surface area contributed by atoms with E-state index in [9.17, 15) is 13.2 Å². The Kier molecular flexibility index (Phi) is 5.31. The molecule has 12 heteroatoms. The summed E-state index contributed by atoms with van der Waals surface area (Å²) in [5.74, 6) is 0.281. The van der Waals surface area contributed by atoms with Gasteiger partial charge >= 0.3 is 12.1 Å². The third-order valence-electron chi connectivity index (χ3n) is 4.74. The summed E-state index contributed by atoms with van der Waals surface area (Å²) >= 11 is 0. The van der Waals surface area contributed by atoms with Gasteiger partial charge in [0, 0.05) is 39.3 Å². The Morgan fingerprint density at radius 3 is 1.96 bits per heavy atom. The SMILES string of the molecule is FC(F)(F)c1nnc(CN2CCN(c3ccc(N4CCOCC4)nn3)CC2)o1. The van der Waals surface area contributed by atoms with Gasteiger partial charge in [0.25, 0.3) is 0 Å². The summed E-state index contributed by atoms with van der Waals surface area (Å²) in [5, 5.41) is 15.2. The molecule has 0 N–H and O–H groups in total. The van der Waals surface area contributed by atoms with E-state index in [4.69, 9.17) is 9.15 Å². The monoisotopic (exact) mass is 399 g/mol. The maximum Gasteiger partial charge on any atom is 0.470 e. The number of piperazine rings is 1. The molecule has 0 aromatic carbocycles. The van der Waals surface area contributed by atoms with Gasteiger partial charge in [0.1, 0.15) is 0 Å². The molecule has 2 aliphatic rings. The molecule has 152 valence electrons. The van der Waals surface area contributed by atoms with Crippen molar-refractivity contribution in [3.8, 4) is 0 Å². The molecule has 2 fully saturated rings. The number of rotatable bonds is 4. The molecule has 0 saturated carbocycles. The zero-order chi connectivity index (χ0) is 19.6. The van der Waals surface area contributed by atoms with Crippen molar-refractivity contribution in [1.29, 1.82) is 0 Å². The van der Waals surface area contributed by atoms with Gasteiger partial charge in [0.2, 0.25) is 5.89 Å². The number of hydrogen-bond acceptors (Lipinski definition) is 9. The van der Waals surface area contributed by atoms with Gasteiger partial charge in [-0.15, -0.1) is 20.4 Å². The fraction of sp³-hybridized carbons (Fsp3) is 0.625. The van der Waals surface area contributed by atoms with Gasteiger partial charge in [0.15, 0.2) is 11.6 Å². The average Bonchev–Trinajstić information content (AvgIpc) is 3.19. The zero-order valence-corrected chi connectivity index (χ0v) is 15.1. The molecule has 2 aromatic rings. The van der Waals surface area contributed by atoms with Crippen LogP contribution in [-0.2, 0) is 17.5 Å². The summed E-state index contributed by atoms with van der Waals surface area (Å²) in [6.07, 6.45) is -4.62. The second kappa shape index (κ2) is 7.87. The molecule has 0 amide bonds. The maximum atomic E-state index is 12.5. The van der Waals surface area contributed by atoms with Crippen molar-refractivity contribution in [2.45, 2.75) is 12.7 Å². The van der Waals surface area contributed by atoms with Crippen molar-refractivity contribution < 1.29 is 22.3 Å². The number of nitrogens with zero attached hydrogens (tertiary/aromatic N) is 7. The standard InChI is InChI=1S/C16H20F3N7O2/c17-16(18,19)15-23-22-14(28-15)11-24-3-5-25(6-4-24)12-1-2-13(21-20-12)26-7-9-27-10-8-26/h1-2H,3-11H2. The largest absolute Gasteiger partial charge is 0.470 e. The summed E-state index contributed by atoms with van der Waals surface area (Å²) in [6.45, 7) is 5.85. The molecule has 0 spiro atoms. The number of anilines is 2. The third kappa shape index (κ3) is 4.33. The van der Waals surface area contributed by atoms with Crippen LogP contribution in [0.4, 0.5) is 24.8 Å². The van der Waals surface area contributed by atoms with Gasteiger partial charge < -0.3 is 19.0 Å². The molecule has 2 saturated heterocycles.